The maximum Gasteiger partial charge on any atom is 0.354 e. The van der Waals surface area contributed by atoms with Crippen LogP contribution in [0.4, 0.5) is 14.6 Å². The second kappa shape index (κ2) is 6.47. The van der Waals surface area contributed by atoms with Crippen molar-refractivity contribution in [3.63, 3.8) is 0 Å². The van der Waals surface area contributed by atoms with Crippen molar-refractivity contribution in [1.82, 2.24) is 19.6 Å². The van der Waals surface area contributed by atoms with Gasteiger partial charge >= 0.3 is 5.97 Å². The van der Waals surface area contributed by atoms with Crippen LogP contribution in [0.5, 0.6) is 0 Å². The van der Waals surface area contributed by atoms with E-state index in [2.05, 4.69) is 15.1 Å². The van der Waals surface area contributed by atoms with Gasteiger partial charge < -0.3 is 10.0 Å². The highest BCUT2D eigenvalue weighted by Gasteiger charge is 2.30. The molecule has 1 atom stereocenters. The topological polar surface area (TPSA) is 83.6 Å². The van der Waals surface area contributed by atoms with Gasteiger partial charge in [-0.05, 0) is 49.2 Å². The standard InChI is InChI=1S/C20H15F2N5O2/c21-11-3-4-13(22)12(10-11)16-2-1-8-26(16)17-7-9-27-19(24-17)18-14(25-27)5-6-15(23-18)20(28)29/h3-7,9-10,16H,1-2,8H2,(H,28,29)/t16-/m1/s1. The molecular formula is C20H15F2N5O2. The molecule has 1 aliphatic heterocycles. The predicted octanol–water partition coefficient (Wildman–Crippen LogP) is 3.60. The van der Waals surface area contributed by atoms with E-state index in [0.717, 1.165) is 18.6 Å². The number of anilines is 1. The van der Waals surface area contributed by atoms with E-state index in [1.165, 1.54) is 16.6 Å². The Kier molecular flexibility index (Phi) is 3.90. The van der Waals surface area contributed by atoms with Gasteiger partial charge in [0.25, 0.3) is 0 Å². The molecule has 0 radical (unpaired) electrons. The van der Waals surface area contributed by atoms with Crippen LogP contribution in [0.1, 0.15) is 34.9 Å². The number of hydrogen-bond acceptors (Lipinski definition) is 5. The van der Waals surface area contributed by atoms with Gasteiger partial charge in [-0.3, -0.25) is 0 Å². The fourth-order valence-corrected chi connectivity index (χ4v) is 3.87. The van der Waals surface area contributed by atoms with Gasteiger partial charge in [-0.15, -0.1) is 0 Å². The molecule has 1 saturated heterocycles. The van der Waals surface area contributed by atoms with Crippen LogP contribution in [0.2, 0.25) is 0 Å². The summed E-state index contributed by atoms with van der Waals surface area (Å²) in [5.74, 6) is -1.49. The largest absolute Gasteiger partial charge is 0.477 e. The average Bonchev–Trinajstić information content (AvgIpc) is 3.33. The quantitative estimate of drug-likeness (QED) is 0.571. The van der Waals surface area contributed by atoms with E-state index in [9.17, 15) is 18.7 Å². The lowest BCUT2D eigenvalue weighted by molar-refractivity contribution is 0.0691. The molecule has 9 heteroatoms. The number of carboxylic acids is 1. The first-order valence-electron chi connectivity index (χ1n) is 9.12. The number of hydrogen-bond donors (Lipinski definition) is 1. The lowest BCUT2D eigenvalue weighted by atomic mass is 10.0. The number of aromatic carboxylic acids is 1. The van der Waals surface area contributed by atoms with E-state index >= 15 is 0 Å². The molecule has 0 unspecified atom stereocenters. The highest BCUT2D eigenvalue weighted by atomic mass is 19.1. The smallest absolute Gasteiger partial charge is 0.354 e. The van der Waals surface area contributed by atoms with Crippen LogP contribution in [0.25, 0.3) is 16.7 Å². The Balaban J connectivity index is 1.62. The Bertz CT molecular complexity index is 1270. The molecule has 29 heavy (non-hydrogen) atoms. The number of nitrogens with zero attached hydrogens (tertiary/aromatic N) is 5. The number of halogens is 2. The zero-order chi connectivity index (χ0) is 20.1. The minimum absolute atomic E-state index is 0.0968. The number of benzene rings is 1. The summed E-state index contributed by atoms with van der Waals surface area (Å²) >= 11 is 0. The van der Waals surface area contributed by atoms with Crippen LogP contribution in [0.3, 0.4) is 0 Å². The molecule has 7 nitrogen and oxygen atoms in total. The fraction of sp³-hybridized carbons (Fsp3) is 0.200. The molecule has 0 aliphatic carbocycles. The first-order chi connectivity index (χ1) is 14.0. The number of rotatable bonds is 3. The molecule has 0 spiro atoms. The van der Waals surface area contributed by atoms with Gasteiger partial charge in [0.2, 0.25) is 0 Å². The fourth-order valence-electron chi connectivity index (χ4n) is 3.87. The van der Waals surface area contributed by atoms with Crippen LogP contribution in [-0.4, -0.2) is 37.2 Å². The first-order valence-corrected chi connectivity index (χ1v) is 9.12. The number of carboxylic acid groups (broad SMARTS) is 1. The van der Waals surface area contributed by atoms with Crippen LogP contribution in [0, 0.1) is 11.6 Å². The van der Waals surface area contributed by atoms with Crippen molar-refractivity contribution in [3.05, 3.63) is 65.5 Å². The zero-order valence-corrected chi connectivity index (χ0v) is 15.1. The summed E-state index contributed by atoms with van der Waals surface area (Å²) in [5.41, 5.74) is 1.51. The molecule has 4 aromatic rings. The Hall–Kier alpha value is -3.62. The van der Waals surface area contributed by atoms with Gasteiger partial charge in [-0.1, -0.05) is 0 Å². The van der Waals surface area contributed by atoms with E-state index < -0.39 is 17.6 Å². The Morgan fingerprint density at radius 1 is 1.14 bits per heavy atom. The Labute approximate surface area is 163 Å². The van der Waals surface area contributed by atoms with Gasteiger partial charge in [-0.2, -0.15) is 5.10 Å². The maximum atomic E-state index is 14.3. The minimum Gasteiger partial charge on any atom is -0.477 e. The lowest BCUT2D eigenvalue weighted by Crippen LogP contribution is -2.24. The van der Waals surface area contributed by atoms with Gasteiger partial charge in [-0.25, -0.2) is 28.1 Å². The van der Waals surface area contributed by atoms with Crippen LogP contribution < -0.4 is 4.90 Å². The third-order valence-electron chi connectivity index (χ3n) is 5.19. The van der Waals surface area contributed by atoms with Crippen LogP contribution in [-0.2, 0) is 0 Å². The molecule has 1 aliphatic rings. The normalized spacial score (nSPS) is 16.8. The van der Waals surface area contributed by atoms with E-state index in [-0.39, 0.29) is 11.7 Å². The summed E-state index contributed by atoms with van der Waals surface area (Å²) in [6, 6.07) is 7.87. The van der Waals surface area contributed by atoms with E-state index in [1.54, 1.807) is 18.3 Å². The Morgan fingerprint density at radius 2 is 2.00 bits per heavy atom. The number of aromatic nitrogens is 4. The minimum atomic E-state index is -1.14. The van der Waals surface area contributed by atoms with Gasteiger partial charge in [0.15, 0.2) is 5.65 Å². The van der Waals surface area contributed by atoms with Gasteiger partial charge in [0.1, 0.15) is 34.2 Å². The molecule has 0 saturated carbocycles. The Morgan fingerprint density at radius 3 is 2.83 bits per heavy atom. The van der Waals surface area contributed by atoms with E-state index in [4.69, 9.17) is 0 Å². The van der Waals surface area contributed by atoms with Crippen molar-refractivity contribution < 1.29 is 18.7 Å². The maximum absolute atomic E-state index is 14.3. The molecule has 0 amide bonds. The van der Waals surface area contributed by atoms with Crippen molar-refractivity contribution in [2.45, 2.75) is 18.9 Å². The van der Waals surface area contributed by atoms with E-state index in [0.29, 0.717) is 41.0 Å². The lowest BCUT2D eigenvalue weighted by Gasteiger charge is -2.26. The second-order valence-electron chi connectivity index (χ2n) is 6.94. The molecule has 1 aromatic carbocycles. The molecule has 4 heterocycles. The highest BCUT2D eigenvalue weighted by Crippen LogP contribution is 2.37. The molecule has 0 bridgehead atoms. The van der Waals surface area contributed by atoms with Gasteiger partial charge in [0, 0.05) is 18.3 Å². The third-order valence-corrected chi connectivity index (χ3v) is 5.19. The van der Waals surface area contributed by atoms with Crippen molar-refractivity contribution in [3.8, 4) is 0 Å². The summed E-state index contributed by atoms with van der Waals surface area (Å²) in [5, 5.41) is 13.6. The predicted molar refractivity (Wildman–Crippen MR) is 101 cm³/mol. The zero-order valence-electron chi connectivity index (χ0n) is 15.1. The summed E-state index contributed by atoms with van der Waals surface area (Å²) in [6.07, 6.45) is 3.20. The second-order valence-corrected chi connectivity index (χ2v) is 6.94. The highest BCUT2D eigenvalue weighted by molar-refractivity contribution is 5.93. The third kappa shape index (κ3) is 2.86. The summed E-state index contributed by atoms with van der Waals surface area (Å²) in [4.78, 5) is 22.0. The average molecular weight is 395 g/mol. The monoisotopic (exact) mass is 395 g/mol. The summed E-state index contributed by atoms with van der Waals surface area (Å²) in [6.45, 7) is 0.643. The molecule has 3 aromatic heterocycles. The van der Waals surface area contributed by atoms with Crippen molar-refractivity contribution >= 4 is 28.5 Å². The first kappa shape index (κ1) is 17.5. The SMILES string of the molecule is O=C(O)c1ccc2nn3ccc(N4CCC[C@@H]4c4cc(F)ccc4F)nc3c2n1. The molecule has 1 N–H and O–H groups in total. The summed E-state index contributed by atoms with van der Waals surface area (Å²) in [7, 11) is 0. The molecule has 146 valence electrons. The summed E-state index contributed by atoms with van der Waals surface area (Å²) < 4.78 is 29.6. The number of carbonyl (C=O) groups is 1. The number of fused-ring (bicyclic) bond motifs is 3. The molecule has 1 fully saturated rings. The van der Waals surface area contributed by atoms with E-state index in [1.807, 2.05) is 4.90 Å². The molecular weight excluding hydrogens is 380 g/mol. The van der Waals surface area contributed by atoms with Crippen molar-refractivity contribution in [2.75, 3.05) is 11.4 Å². The van der Waals surface area contributed by atoms with Crippen molar-refractivity contribution in [1.29, 1.82) is 0 Å². The van der Waals surface area contributed by atoms with Gasteiger partial charge in [0.05, 0.1) is 6.04 Å². The van der Waals surface area contributed by atoms with Crippen LogP contribution >= 0.6 is 0 Å². The number of pyridine rings is 1. The molecule has 5 rings (SSSR count). The van der Waals surface area contributed by atoms with Crippen molar-refractivity contribution in [2.24, 2.45) is 0 Å². The van der Waals surface area contributed by atoms with Crippen LogP contribution in [0.15, 0.2) is 42.6 Å².